The summed E-state index contributed by atoms with van der Waals surface area (Å²) in [7, 11) is 0. The summed E-state index contributed by atoms with van der Waals surface area (Å²) in [4.78, 5) is 2.12. The Kier molecular flexibility index (Phi) is 4.86. The van der Waals surface area contributed by atoms with Crippen LogP contribution in [0.4, 0.5) is 11.4 Å². The Hall–Kier alpha value is -2.07. The molecule has 0 fully saturated rings. The average molecular weight is 504 g/mol. The molecule has 0 bridgehead atoms. The first-order valence-electron chi connectivity index (χ1n) is 9.01. The topological polar surface area (TPSA) is 58.9 Å². The number of benzene rings is 2. The van der Waals surface area contributed by atoms with Crippen LogP contribution < -0.4 is 10.2 Å². The minimum absolute atomic E-state index is 0.228. The van der Waals surface area contributed by atoms with E-state index in [0.29, 0.717) is 5.11 Å². The molecule has 1 aliphatic heterocycles. The van der Waals surface area contributed by atoms with E-state index in [1.54, 1.807) is 0 Å². The summed E-state index contributed by atoms with van der Waals surface area (Å²) in [6.07, 6.45) is 0. The molecular weight excluding hydrogens is 483 g/mol. The van der Waals surface area contributed by atoms with Crippen LogP contribution in [0.15, 0.2) is 42.5 Å². The number of para-hydroxylation sites is 1. The van der Waals surface area contributed by atoms with Crippen molar-refractivity contribution in [1.29, 1.82) is 0 Å². The van der Waals surface area contributed by atoms with Gasteiger partial charge < -0.3 is 10.2 Å². The lowest BCUT2D eigenvalue weighted by Gasteiger charge is -2.40. The third-order valence-electron chi connectivity index (χ3n) is 4.71. The van der Waals surface area contributed by atoms with Gasteiger partial charge in [-0.05, 0) is 91.1 Å². The van der Waals surface area contributed by atoms with Gasteiger partial charge in [0.25, 0.3) is 0 Å². The van der Waals surface area contributed by atoms with E-state index in [4.69, 9.17) is 12.2 Å². The van der Waals surface area contributed by atoms with Crippen molar-refractivity contribution in [3.63, 3.8) is 0 Å². The van der Waals surface area contributed by atoms with Crippen LogP contribution in [0.25, 0.3) is 0 Å². The Morgan fingerprint density at radius 1 is 1.14 bits per heavy atom. The standard InChI is InChI=1S/C20H21IN6S/c1-12-9-10-15-13(11-12)17(18-23-24-25-27(18)20(2,3)4)26(19(28)22-15)16-8-6-5-7-14(16)21/h5-11,17H,1-4H3,(H,22,28). The summed E-state index contributed by atoms with van der Waals surface area (Å²) >= 11 is 8.14. The van der Waals surface area contributed by atoms with E-state index in [2.05, 4.69) is 106 Å². The maximum Gasteiger partial charge on any atom is 0.179 e. The van der Waals surface area contributed by atoms with Crippen LogP contribution in [0.3, 0.4) is 0 Å². The van der Waals surface area contributed by atoms with E-state index in [1.165, 1.54) is 5.56 Å². The maximum absolute atomic E-state index is 5.80. The molecule has 0 radical (unpaired) electrons. The number of nitrogens with one attached hydrogen (secondary N) is 1. The highest BCUT2D eigenvalue weighted by molar-refractivity contribution is 14.1. The summed E-state index contributed by atoms with van der Waals surface area (Å²) < 4.78 is 3.00. The van der Waals surface area contributed by atoms with Crippen molar-refractivity contribution in [2.45, 2.75) is 39.3 Å². The fraction of sp³-hybridized carbons (Fsp3) is 0.300. The monoisotopic (exact) mass is 504 g/mol. The minimum atomic E-state index is -0.259. The number of hydrogen-bond donors (Lipinski definition) is 1. The molecule has 144 valence electrons. The molecule has 3 aromatic rings. The molecule has 8 heteroatoms. The highest BCUT2D eigenvalue weighted by Gasteiger charge is 2.38. The number of aromatic nitrogens is 4. The number of tetrazole rings is 1. The molecule has 0 spiro atoms. The fourth-order valence-electron chi connectivity index (χ4n) is 3.45. The van der Waals surface area contributed by atoms with E-state index < -0.39 is 0 Å². The Morgan fingerprint density at radius 3 is 2.61 bits per heavy atom. The number of thiocarbonyl (C=S) groups is 1. The number of rotatable bonds is 2. The smallest absolute Gasteiger partial charge is 0.179 e. The molecule has 2 aromatic carbocycles. The third-order valence-corrected chi connectivity index (χ3v) is 5.92. The quantitative estimate of drug-likeness (QED) is 0.405. The number of halogens is 1. The van der Waals surface area contributed by atoms with Crippen molar-refractivity contribution >= 4 is 51.3 Å². The van der Waals surface area contributed by atoms with Gasteiger partial charge in [0.1, 0.15) is 6.04 Å². The first-order valence-corrected chi connectivity index (χ1v) is 10.5. The van der Waals surface area contributed by atoms with Gasteiger partial charge in [-0.1, -0.05) is 29.8 Å². The first kappa shape index (κ1) is 19.3. The van der Waals surface area contributed by atoms with Crippen molar-refractivity contribution < 1.29 is 0 Å². The predicted octanol–water partition coefficient (Wildman–Crippen LogP) is 4.65. The van der Waals surface area contributed by atoms with Crippen LogP contribution in [0.2, 0.25) is 0 Å². The molecule has 6 nitrogen and oxygen atoms in total. The second-order valence-corrected chi connectivity index (χ2v) is 9.41. The molecule has 1 atom stereocenters. The summed E-state index contributed by atoms with van der Waals surface area (Å²) in [5, 5.41) is 16.8. The molecule has 1 N–H and O–H groups in total. The zero-order valence-corrected chi connectivity index (χ0v) is 19.1. The Bertz CT molecular complexity index is 1050. The normalized spacial score (nSPS) is 16.7. The molecule has 0 saturated carbocycles. The van der Waals surface area contributed by atoms with Gasteiger partial charge in [-0.25, -0.2) is 4.68 Å². The van der Waals surface area contributed by atoms with E-state index in [-0.39, 0.29) is 11.6 Å². The number of fused-ring (bicyclic) bond motifs is 1. The van der Waals surface area contributed by atoms with Crippen molar-refractivity contribution in [2.75, 3.05) is 10.2 Å². The second-order valence-electron chi connectivity index (χ2n) is 7.86. The molecule has 1 aliphatic rings. The van der Waals surface area contributed by atoms with Crippen LogP contribution in [-0.4, -0.2) is 25.3 Å². The van der Waals surface area contributed by atoms with Crippen LogP contribution >= 0.6 is 34.8 Å². The van der Waals surface area contributed by atoms with Gasteiger partial charge >= 0.3 is 0 Å². The molecule has 0 saturated heterocycles. The lowest BCUT2D eigenvalue weighted by molar-refractivity contribution is 0.331. The SMILES string of the molecule is Cc1ccc2c(c1)C(c1nnnn1C(C)(C)C)N(c1ccccc1I)C(=S)N2. The Morgan fingerprint density at radius 2 is 1.89 bits per heavy atom. The molecule has 4 rings (SSSR count). The van der Waals surface area contributed by atoms with E-state index in [0.717, 1.165) is 26.3 Å². The van der Waals surface area contributed by atoms with Gasteiger partial charge in [-0.2, -0.15) is 0 Å². The van der Waals surface area contributed by atoms with Crippen LogP contribution in [0.5, 0.6) is 0 Å². The molecule has 1 aromatic heterocycles. The van der Waals surface area contributed by atoms with E-state index in [9.17, 15) is 0 Å². The molecule has 2 heterocycles. The molecular formula is C20H21IN6S. The van der Waals surface area contributed by atoms with Crippen molar-refractivity contribution in [2.24, 2.45) is 0 Å². The fourth-order valence-corrected chi connectivity index (χ4v) is 4.41. The highest BCUT2D eigenvalue weighted by Crippen LogP contribution is 2.42. The maximum atomic E-state index is 5.80. The summed E-state index contributed by atoms with van der Waals surface area (Å²) in [5.74, 6) is 0.767. The van der Waals surface area contributed by atoms with E-state index in [1.807, 2.05) is 16.8 Å². The molecule has 28 heavy (non-hydrogen) atoms. The number of hydrogen-bond acceptors (Lipinski definition) is 4. The van der Waals surface area contributed by atoms with Crippen LogP contribution in [0, 0.1) is 10.5 Å². The minimum Gasteiger partial charge on any atom is -0.332 e. The second kappa shape index (κ2) is 7.07. The summed E-state index contributed by atoms with van der Waals surface area (Å²) in [6, 6.07) is 14.3. The summed E-state index contributed by atoms with van der Waals surface area (Å²) in [6.45, 7) is 8.38. The molecule has 0 aliphatic carbocycles. The first-order chi connectivity index (χ1) is 13.3. The van der Waals surface area contributed by atoms with Gasteiger partial charge in [0.05, 0.1) is 11.2 Å². The Balaban J connectivity index is 2.00. The predicted molar refractivity (Wildman–Crippen MR) is 124 cm³/mol. The van der Waals surface area contributed by atoms with Crippen LogP contribution in [-0.2, 0) is 5.54 Å². The van der Waals surface area contributed by atoms with Gasteiger partial charge in [-0.3, -0.25) is 0 Å². The van der Waals surface area contributed by atoms with Crippen molar-refractivity contribution in [3.8, 4) is 0 Å². The average Bonchev–Trinajstić information content (AvgIpc) is 3.12. The van der Waals surface area contributed by atoms with Crippen LogP contribution in [0.1, 0.15) is 43.8 Å². The highest BCUT2D eigenvalue weighted by atomic mass is 127. The van der Waals surface area contributed by atoms with Gasteiger partial charge in [0.2, 0.25) is 0 Å². The third kappa shape index (κ3) is 3.28. The van der Waals surface area contributed by atoms with Gasteiger partial charge in [0, 0.05) is 14.8 Å². The van der Waals surface area contributed by atoms with Gasteiger partial charge in [-0.15, -0.1) is 5.10 Å². The molecule has 0 amide bonds. The zero-order chi connectivity index (χ0) is 20.1. The van der Waals surface area contributed by atoms with Gasteiger partial charge in [0.15, 0.2) is 10.9 Å². The number of anilines is 2. The van der Waals surface area contributed by atoms with E-state index >= 15 is 0 Å². The Labute approximate surface area is 183 Å². The zero-order valence-electron chi connectivity index (χ0n) is 16.1. The number of aryl methyl sites for hydroxylation is 1. The lowest BCUT2D eigenvalue weighted by atomic mass is 9.96. The summed E-state index contributed by atoms with van der Waals surface area (Å²) in [5.41, 5.74) is 4.04. The van der Waals surface area contributed by atoms with Crippen molar-refractivity contribution in [1.82, 2.24) is 20.2 Å². The lowest BCUT2D eigenvalue weighted by Crippen LogP contribution is -2.45. The number of nitrogens with zero attached hydrogens (tertiary/aromatic N) is 5. The largest absolute Gasteiger partial charge is 0.332 e. The molecule has 1 unspecified atom stereocenters. The van der Waals surface area contributed by atoms with Crippen molar-refractivity contribution in [3.05, 3.63) is 63.0 Å².